The molecule has 4 heteroatoms. The van der Waals surface area contributed by atoms with E-state index in [0.717, 1.165) is 22.5 Å². The van der Waals surface area contributed by atoms with E-state index in [1.807, 2.05) is 78.9 Å². The molecule has 0 unspecified atom stereocenters. The summed E-state index contributed by atoms with van der Waals surface area (Å²) in [4.78, 5) is 9.11. The van der Waals surface area contributed by atoms with Gasteiger partial charge in [-0.1, -0.05) is 42.5 Å². The Bertz CT molecular complexity index is 960. The van der Waals surface area contributed by atoms with Crippen LogP contribution in [0.2, 0.25) is 0 Å². The summed E-state index contributed by atoms with van der Waals surface area (Å²) in [6.45, 7) is 0. The van der Waals surface area contributed by atoms with Gasteiger partial charge in [0.1, 0.15) is 5.75 Å². The summed E-state index contributed by atoms with van der Waals surface area (Å²) in [5.74, 6) is 1.15. The van der Waals surface area contributed by atoms with Crippen molar-refractivity contribution in [2.24, 2.45) is 0 Å². The average Bonchev–Trinajstić information content (AvgIpc) is 2.69. The van der Waals surface area contributed by atoms with Crippen LogP contribution < -0.4 is 10.5 Å². The van der Waals surface area contributed by atoms with Gasteiger partial charge in [0.05, 0.1) is 11.4 Å². The van der Waals surface area contributed by atoms with E-state index in [1.54, 1.807) is 12.3 Å². The molecule has 0 aliphatic heterocycles. The Morgan fingerprint density at radius 1 is 0.692 bits per heavy atom. The van der Waals surface area contributed by atoms with Crippen LogP contribution in [-0.2, 0) is 0 Å². The van der Waals surface area contributed by atoms with Crippen LogP contribution in [-0.4, -0.2) is 9.97 Å². The third-order valence-electron chi connectivity index (χ3n) is 3.91. The van der Waals surface area contributed by atoms with E-state index in [1.165, 1.54) is 0 Å². The second kappa shape index (κ2) is 7.07. The molecule has 2 aromatic carbocycles. The topological polar surface area (TPSA) is 61.0 Å². The fourth-order valence-electron chi connectivity index (χ4n) is 2.69. The number of hydrogen-bond acceptors (Lipinski definition) is 4. The molecule has 26 heavy (non-hydrogen) atoms. The smallest absolute Gasteiger partial charge is 0.220 e. The van der Waals surface area contributed by atoms with Crippen molar-refractivity contribution in [1.29, 1.82) is 0 Å². The second-order valence-electron chi connectivity index (χ2n) is 5.83. The second-order valence-corrected chi connectivity index (χ2v) is 5.83. The van der Waals surface area contributed by atoms with Gasteiger partial charge in [-0.05, 0) is 30.3 Å². The minimum absolute atomic E-state index is 0.498. The van der Waals surface area contributed by atoms with Gasteiger partial charge >= 0.3 is 0 Å². The van der Waals surface area contributed by atoms with Crippen molar-refractivity contribution in [3.63, 3.8) is 0 Å². The Hall–Kier alpha value is -3.66. The monoisotopic (exact) mass is 339 g/mol. The highest BCUT2D eigenvalue weighted by atomic mass is 16.5. The fourth-order valence-corrected chi connectivity index (χ4v) is 2.69. The molecule has 0 bridgehead atoms. The van der Waals surface area contributed by atoms with Gasteiger partial charge < -0.3 is 10.5 Å². The predicted octanol–water partition coefficient (Wildman–Crippen LogP) is 5.19. The number of ether oxygens (including phenoxy) is 1. The van der Waals surface area contributed by atoms with Crippen molar-refractivity contribution in [3.05, 3.63) is 91.1 Å². The van der Waals surface area contributed by atoms with Crippen molar-refractivity contribution in [2.75, 3.05) is 5.73 Å². The van der Waals surface area contributed by atoms with Gasteiger partial charge in [0.2, 0.25) is 5.88 Å². The molecule has 4 aromatic rings. The summed E-state index contributed by atoms with van der Waals surface area (Å²) in [5.41, 5.74) is 10.1. The number of nitrogens with two attached hydrogens (primary N) is 1. The molecule has 0 spiro atoms. The molecule has 2 aromatic heterocycles. The van der Waals surface area contributed by atoms with Crippen LogP contribution >= 0.6 is 0 Å². The number of rotatable bonds is 4. The molecular weight excluding hydrogens is 322 g/mol. The zero-order valence-corrected chi connectivity index (χ0v) is 14.0. The first-order valence-electron chi connectivity index (χ1n) is 8.30. The van der Waals surface area contributed by atoms with Crippen LogP contribution in [0.25, 0.3) is 22.5 Å². The number of nitrogen functional groups attached to an aromatic ring is 1. The number of aromatic nitrogens is 2. The van der Waals surface area contributed by atoms with Gasteiger partial charge in [0.25, 0.3) is 0 Å². The lowest BCUT2D eigenvalue weighted by atomic mass is 10.1. The number of hydrogen-bond donors (Lipinski definition) is 1. The maximum absolute atomic E-state index is 5.96. The third-order valence-corrected chi connectivity index (χ3v) is 3.91. The minimum Gasteiger partial charge on any atom is -0.439 e. The van der Waals surface area contributed by atoms with Crippen LogP contribution in [0.5, 0.6) is 11.6 Å². The van der Waals surface area contributed by atoms with Gasteiger partial charge in [-0.25, -0.2) is 4.98 Å². The lowest BCUT2D eigenvalue weighted by Crippen LogP contribution is -1.94. The first-order chi connectivity index (χ1) is 12.8. The summed E-state index contributed by atoms with van der Waals surface area (Å²) in [6, 6.07) is 27.0. The number of benzene rings is 2. The largest absolute Gasteiger partial charge is 0.439 e. The molecule has 0 atom stereocenters. The van der Waals surface area contributed by atoms with E-state index in [4.69, 9.17) is 10.5 Å². The zero-order chi connectivity index (χ0) is 17.8. The molecule has 2 heterocycles. The molecule has 4 rings (SSSR count). The molecule has 0 saturated heterocycles. The minimum atomic E-state index is 0.498. The maximum Gasteiger partial charge on any atom is 0.220 e. The van der Waals surface area contributed by atoms with Crippen LogP contribution in [0.15, 0.2) is 91.1 Å². The lowest BCUT2D eigenvalue weighted by Gasteiger charge is -2.10. The summed E-state index contributed by atoms with van der Waals surface area (Å²) in [5, 5.41) is 0. The van der Waals surface area contributed by atoms with Crippen LogP contribution in [0.4, 0.5) is 5.69 Å². The van der Waals surface area contributed by atoms with E-state index >= 15 is 0 Å². The van der Waals surface area contributed by atoms with Gasteiger partial charge in [-0.15, -0.1) is 0 Å². The van der Waals surface area contributed by atoms with E-state index in [0.29, 0.717) is 17.3 Å². The zero-order valence-electron chi connectivity index (χ0n) is 14.0. The average molecular weight is 339 g/mol. The molecule has 0 amide bonds. The van der Waals surface area contributed by atoms with Crippen molar-refractivity contribution >= 4 is 5.69 Å². The Labute approximate surface area is 151 Å². The maximum atomic E-state index is 5.96. The van der Waals surface area contributed by atoms with Gasteiger partial charge in [-0.2, -0.15) is 0 Å². The third kappa shape index (κ3) is 3.54. The SMILES string of the molecule is Nc1cccc(Oc2cc(-c3ccccn3)cc(-c3ccccc3)n2)c1. The number of pyridine rings is 2. The number of nitrogens with zero attached hydrogens (tertiary/aromatic N) is 2. The standard InChI is InChI=1S/C22H17N3O/c23-18-9-6-10-19(15-18)26-22-14-17(20-11-4-5-12-24-20)13-21(25-22)16-7-2-1-3-8-16/h1-15H,23H2. The van der Waals surface area contributed by atoms with E-state index in [9.17, 15) is 0 Å². The van der Waals surface area contributed by atoms with Crippen molar-refractivity contribution in [1.82, 2.24) is 9.97 Å². The van der Waals surface area contributed by atoms with Gasteiger partial charge in [0.15, 0.2) is 0 Å². The molecule has 4 nitrogen and oxygen atoms in total. The highest BCUT2D eigenvalue weighted by Crippen LogP contribution is 2.30. The molecule has 0 aliphatic carbocycles. The predicted molar refractivity (Wildman–Crippen MR) is 104 cm³/mol. The Kier molecular flexibility index (Phi) is 4.31. The molecule has 0 fully saturated rings. The number of anilines is 1. The summed E-state index contributed by atoms with van der Waals surface area (Å²) >= 11 is 0. The molecule has 0 saturated carbocycles. The molecular formula is C22H17N3O. The highest BCUT2D eigenvalue weighted by molar-refractivity contribution is 5.69. The summed E-state index contributed by atoms with van der Waals surface area (Å²) in [7, 11) is 0. The van der Waals surface area contributed by atoms with Crippen molar-refractivity contribution < 1.29 is 4.74 Å². The first-order valence-corrected chi connectivity index (χ1v) is 8.30. The highest BCUT2D eigenvalue weighted by Gasteiger charge is 2.09. The summed E-state index contributed by atoms with van der Waals surface area (Å²) in [6.07, 6.45) is 1.77. The molecule has 2 N–H and O–H groups in total. The summed E-state index contributed by atoms with van der Waals surface area (Å²) < 4.78 is 5.96. The lowest BCUT2D eigenvalue weighted by molar-refractivity contribution is 0.464. The van der Waals surface area contributed by atoms with Gasteiger partial charge in [0, 0.05) is 35.1 Å². The van der Waals surface area contributed by atoms with Crippen molar-refractivity contribution in [3.8, 4) is 34.1 Å². The Morgan fingerprint density at radius 3 is 2.31 bits per heavy atom. The Morgan fingerprint density at radius 2 is 1.54 bits per heavy atom. The van der Waals surface area contributed by atoms with E-state index in [2.05, 4.69) is 9.97 Å². The van der Waals surface area contributed by atoms with Crippen LogP contribution in [0, 0.1) is 0 Å². The van der Waals surface area contributed by atoms with Crippen LogP contribution in [0.3, 0.4) is 0 Å². The molecule has 126 valence electrons. The van der Waals surface area contributed by atoms with E-state index < -0.39 is 0 Å². The van der Waals surface area contributed by atoms with Gasteiger partial charge in [-0.3, -0.25) is 4.98 Å². The quantitative estimate of drug-likeness (QED) is 0.520. The molecule has 0 radical (unpaired) electrons. The Balaban J connectivity index is 1.80. The fraction of sp³-hybridized carbons (Fsp3) is 0. The first kappa shape index (κ1) is 15.8. The van der Waals surface area contributed by atoms with E-state index in [-0.39, 0.29) is 0 Å². The molecule has 0 aliphatic rings. The van der Waals surface area contributed by atoms with Crippen LogP contribution in [0.1, 0.15) is 0 Å². The van der Waals surface area contributed by atoms with Crippen molar-refractivity contribution in [2.45, 2.75) is 0 Å². The normalized spacial score (nSPS) is 10.5.